The molecule has 9 rings (SSSR count). The number of hydrogen-bond donors (Lipinski definition) is 0. The van der Waals surface area contributed by atoms with Gasteiger partial charge < -0.3 is 0 Å². The van der Waals surface area contributed by atoms with Gasteiger partial charge in [0.25, 0.3) is 0 Å². The van der Waals surface area contributed by atoms with E-state index in [2.05, 4.69) is 147 Å². The van der Waals surface area contributed by atoms with E-state index < -0.39 is 0 Å². The lowest BCUT2D eigenvalue weighted by Gasteiger charge is -2.21. The molecule has 0 amide bonds. The lowest BCUT2D eigenvalue weighted by Crippen LogP contribution is -1.94. The second-order valence-corrected chi connectivity index (χ2v) is 11.8. The van der Waals surface area contributed by atoms with Crippen LogP contribution in [0.2, 0.25) is 0 Å². The minimum absolute atomic E-state index is 1.27. The standard InChI is InChI=1S/C42H28/c1-25-14-20-34-37(22-25)39(32-19-17-28-9-4-6-11-30(28)24-32)41-35-13-7-12-33-26(2)15-21-36(40(33)35)42(41)38(34)31-18-16-27-8-3-5-10-29(27)23-31/h3-24H,1-2H3. The molecule has 42 heavy (non-hydrogen) atoms. The molecule has 1 aliphatic carbocycles. The van der Waals surface area contributed by atoms with Gasteiger partial charge in [0.1, 0.15) is 0 Å². The Bertz CT molecular complexity index is 2420. The zero-order chi connectivity index (χ0) is 27.9. The van der Waals surface area contributed by atoms with E-state index in [-0.39, 0.29) is 0 Å². The summed E-state index contributed by atoms with van der Waals surface area (Å²) in [4.78, 5) is 0. The van der Waals surface area contributed by atoms with E-state index in [1.807, 2.05) is 0 Å². The van der Waals surface area contributed by atoms with E-state index in [1.54, 1.807) is 0 Å². The number of rotatable bonds is 2. The van der Waals surface area contributed by atoms with Crippen LogP contribution in [0.15, 0.2) is 133 Å². The van der Waals surface area contributed by atoms with Gasteiger partial charge in [0.2, 0.25) is 0 Å². The minimum atomic E-state index is 1.27. The second kappa shape index (κ2) is 8.65. The number of benzene rings is 8. The first-order valence-corrected chi connectivity index (χ1v) is 14.8. The Hall–Kier alpha value is -5.20. The van der Waals surface area contributed by atoms with E-state index >= 15 is 0 Å². The van der Waals surface area contributed by atoms with Crippen molar-refractivity contribution in [3.63, 3.8) is 0 Å². The Balaban J connectivity index is 1.51. The zero-order valence-corrected chi connectivity index (χ0v) is 23.7. The van der Waals surface area contributed by atoms with Crippen molar-refractivity contribution < 1.29 is 0 Å². The molecule has 0 saturated heterocycles. The molecule has 0 heteroatoms. The number of aryl methyl sites for hydroxylation is 2. The van der Waals surface area contributed by atoms with Gasteiger partial charge in [-0.2, -0.15) is 0 Å². The SMILES string of the molecule is Cc1ccc2c(-c3ccc4ccccc4c3)c3c(c(-c4ccc5ccccc5c4)c2c1)-c1cccc2c(C)ccc-3c12. The molecule has 0 bridgehead atoms. The molecule has 0 spiro atoms. The molecule has 0 saturated carbocycles. The highest BCUT2D eigenvalue weighted by Crippen LogP contribution is 2.58. The van der Waals surface area contributed by atoms with Gasteiger partial charge in [-0.05, 0) is 119 Å². The Morgan fingerprint density at radius 2 is 0.952 bits per heavy atom. The van der Waals surface area contributed by atoms with Crippen molar-refractivity contribution in [3.05, 3.63) is 145 Å². The first kappa shape index (κ1) is 23.5. The van der Waals surface area contributed by atoms with Crippen molar-refractivity contribution in [2.45, 2.75) is 13.8 Å². The topological polar surface area (TPSA) is 0 Å². The van der Waals surface area contributed by atoms with Crippen LogP contribution in [0.5, 0.6) is 0 Å². The maximum atomic E-state index is 2.40. The monoisotopic (exact) mass is 532 g/mol. The zero-order valence-electron chi connectivity index (χ0n) is 23.7. The third-order valence-corrected chi connectivity index (χ3v) is 9.34. The molecule has 196 valence electrons. The maximum Gasteiger partial charge on any atom is -0.000741 e. The van der Waals surface area contributed by atoms with Gasteiger partial charge in [-0.1, -0.05) is 127 Å². The maximum absolute atomic E-state index is 2.40. The molecular weight excluding hydrogens is 504 g/mol. The highest BCUT2D eigenvalue weighted by atomic mass is 14.3. The molecule has 0 fully saturated rings. The summed E-state index contributed by atoms with van der Waals surface area (Å²) in [5, 5.41) is 10.4. The van der Waals surface area contributed by atoms with Crippen LogP contribution in [0.3, 0.4) is 0 Å². The average Bonchev–Trinajstić information content (AvgIpc) is 3.36. The molecule has 0 heterocycles. The first-order chi connectivity index (χ1) is 20.7. The Kier molecular flexibility index (Phi) is 4.84. The molecule has 8 aromatic carbocycles. The van der Waals surface area contributed by atoms with Crippen molar-refractivity contribution in [3.8, 4) is 44.5 Å². The third-order valence-electron chi connectivity index (χ3n) is 9.34. The Morgan fingerprint density at radius 1 is 0.357 bits per heavy atom. The van der Waals surface area contributed by atoms with Crippen LogP contribution in [0.25, 0.3) is 87.6 Å². The molecule has 0 radical (unpaired) electrons. The van der Waals surface area contributed by atoms with Crippen molar-refractivity contribution in [1.82, 2.24) is 0 Å². The van der Waals surface area contributed by atoms with Crippen LogP contribution in [-0.2, 0) is 0 Å². The molecular formula is C42H28. The van der Waals surface area contributed by atoms with E-state index in [9.17, 15) is 0 Å². The predicted octanol–water partition coefficient (Wildman–Crippen LogP) is 11.9. The predicted molar refractivity (Wildman–Crippen MR) is 181 cm³/mol. The summed E-state index contributed by atoms with van der Waals surface area (Å²) < 4.78 is 0. The summed E-state index contributed by atoms with van der Waals surface area (Å²) in [5.41, 5.74) is 13.2. The van der Waals surface area contributed by atoms with Crippen LogP contribution in [0, 0.1) is 13.8 Å². The van der Waals surface area contributed by atoms with E-state index in [4.69, 9.17) is 0 Å². The number of fused-ring (bicyclic) bond motifs is 6. The average molecular weight is 533 g/mol. The second-order valence-electron chi connectivity index (χ2n) is 11.8. The van der Waals surface area contributed by atoms with Crippen LogP contribution >= 0.6 is 0 Å². The Morgan fingerprint density at radius 3 is 1.62 bits per heavy atom. The molecule has 8 aromatic rings. The molecule has 0 aromatic heterocycles. The third kappa shape index (κ3) is 3.24. The van der Waals surface area contributed by atoms with Crippen LogP contribution < -0.4 is 0 Å². The van der Waals surface area contributed by atoms with Crippen LogP contribution in [0.1, 0.15) is 11.1 Å². The molecule has 0 aliphatic heterocycles. The molecule has 0 atom stereocenters. The van der Waals surface area contributed by atoms with Gasteiger partial charge in [-0.15, -0.1) is 0 Å². The highest BCUT2D eigenvalue weighted by molar-refractivity contribution is 6.28. The lowest BCUT2D eigenvalue weighted by molar-refractivity contribution is 1.50. The summed E-state index contributed by atoms with van der Waals surface area (Å²) in [6.45, 7) is 4.45. The first-order valence-electron chi connectivity index (χ1n) is 14.8. The highest BCUT2D eigenvalue weighted by Gasteiger charge is 2.31. The minimum Gasteiger partial charge on any atom is -0.0616 e. The van der Waals surface area contributed by atoms with E-state index in [0.29, 0.717) is 0 Å². The van der Waals surface area contributed by atoms with Gasteiger partial charge in [0.15, 0.2) is 0 Å². The van der Waals surface area contributed by atoms with E-state index in [1.165, 1.54) is 98.7 Å². The van der Waals surface area contributed by atoms with Crippen molar-refractivity contribution in [1.29, 1.82) is 0 Å². The van der Waals surface area contributed by atoms with Gasteiger partial charge in [-0.3, -0.25) is 0 Å². The molecule has 0 unspecified atom stereocenters. The fourth-order valence-electron chi connectivity index (χ4n) is 7.40. The Labute approximate surface area is 245 Å². The fraction of sp³-hybridized carbons (Fsp3) is 0.0476. The van der Waals surface area contributed by atoms with Crippen molar-refractivity contribution in [2.24, 2.45) is 0 Å². The smallest absolute Gasteiger partial charge is 0.000741 e. The van der Waals surface area contributed by atoms with Gasteiger partial charge in [0.05, 0.1) is 0 Å². The van der Waals surface area contributed by atoms with Gasteiger partial charge >= 0.3 is 0 Å². The van der Waals surface area contributed by atoms with E-state index in [0.717, 1.165) is 0 Å². The number of hydrogen-bond acceptors (Lipinski definition) is 0. The largest absolute Gasteiger partial charge is 0.0616 e. The van der Waals surface area contributed by atoms with Crippen LogP contribution in [0.4, 0.5) is 0 Å². The normalized spacial score (nSPS) is 12.0. The quantitative estimate of drug-likeness (QED) is 0.208. The van der Waals surface area contributed by atoms with Crippen LogP contribution in [-0.4, -0.2) is 0 Å². The summed E-state index contributed by atoms with van der Waals surface area (Å²) in [6, 6.07) is 49.9. The van der Waals surface area contributed by atoms with Crippen molar-refractivity contribution >= 4 is 43.1 Å². The summed E-state index contributed by atoms with van der Waals surface area (Å²) in [5.74, 6) is 0. The summed E-state index contributed by atoms with van der Waals surface area (Å²) in [6.07, 6.45) is 0. The molecule has 0 N–H and O–H groups in total. The fourth-order valence-corrected chi connectivity index (χ4v) is 7.40. The van der Waals surface area contributed by atoms with Gasteiger partial charge in [-0.25, -0.2) is 0 Å². The van der Waals surface area contributed by atoms with Gasteiger partial charge in [0, 0.05) is 0 Å². The van der Waals surface area contributed by atoms with Crippen molar-refractivity contribution in [2.75, 3.05) is 0 Å². The summed E-state index contributed by atoms with van der Waals surface area (Å²) >= 11 is 0. The summed E-state index contributed by atoms with van der Waals surface area (Å²) in [7, 11) is 0. The molecule has 1 aliphatic rings. The lowest BCUT2D eigenvalue weighted by atomic mass is 9.81. The molecule has 0 nitrogen and oxygen atoms in total.